The Kier molecular flexibility index (Phi) is 3.41. The number of nitrogens with two attached hydrogens (primary N) is 1. The topological polar surface area (TPSA) is 75.8 Å². The second-order valence-electron chi connectivity index (χ2n) is 5.65. The van der Waals surface area contributed by atoms with Crippen LogP contribution in [0.3, 0.4) is 0 Å². The summed E-state index contributed by atoms with van der Waals surface area (Å²) in [5, 5.41) is 9.28. The van der Waals surface area contributed by atoms with Crippen LogP contribution < -0.4 is 10.6 Å². The number of carbonyl (C=O) groups is 1. The second-order valence-corrected chi connectivity index (χ2v) is 5.65. The van der Waals surface area contributed by atoms with Gasteiger partial charge in [0.15, 0.2) is 0 Å². The minimum Gasteiger partial charge on any atom is -0.478 e. The summed E-state index contributed by atoms with van der Waals surface area (Å²) in [6.07, 6.45) is 0.0480. The Hall–Kier alpha value is -1.75. The van der Waals surface area contributed by atoms with Gasteiger partial charge in [0, 0.05) is 18.8 Å². The molecule has 2 rings (SSSR count). The van der Waals surface area contributed by atoms with E-state index in [0.717, 1.165) is 0 Å². The van der Waals surface area contributed by atoms with Gasteiger partial charge in [-0.2, -0.15) is 0 Å². The molecule has 1 atom stereocenters. The van der Waals surface area contributed by atoms with Crippen molar-refractivity contribution in [2.75, 3.05) is 23.7 Å². The number of aromatic carboxylic acids is 1. The monoisotopic (exact) mass is 264 g/mol. The number of nitrogen functional groups attached to an aromatic ring is 1. The molecular formula is C14H20N2O3. The number of carboxylic acid groups (broad SMARTS) is 1. The molecule has 0 radical (unpaired) electrons. The number of benzene rings is 1. The van der Waals surface area contributed by atoms with Crippen LogP contribution >= 0.6 is 0 Å². The maximum atomic E-state index is 11.3. The highest BCUT2D eigenvalue weighted by Gasteiger charge is 2.32. The fraction of sp³-hybridized carbons (Fsp3) is 0.500. The maximum absolute atomic E-state index is 11.3. The van der Waals surface area contributed by atoms with Crippen LogP contribution in [0.5, 0.6) is 0 Å². The molecule has 1 fully saturated rings. The number of rotatable bonds is 2. The molecule has 0 aliphatic carbocycles. The SMILES string of the molecule is CC1CN(c2cc(N)ccc2C(=O)O)CC(C)(C)O1. The first kappa shape index (κ1) is 13.7. The summed E-state index contributed by atoms with van der Waals surface area (Å²) in [5.74, 6) is -0.938. The highest BCUT2D eigenvalue weighted by atomic mass is 16.5. The van der Waals surface area contributed by atoms with Gasteiger partial charge < -0.3 is 20.5 Å². The van der Waals surface area contributed by atoms with Crippen molar-refractivity contribution in [3.63, 3.8) is 0 Å². The third-order valence-corrected chi connectivity index (χ3v) is 3.16. The molecule has 1 aliphatic rings. The molecule has 1 aliphatic heterocycles. The third kappa shape index (κ3) is 2.98. The Balaban J connectivity index is 2.40. The first-order valence-corrected chi connectivity index (χ1v) is 6.34. The van der Waals surface area contributed by atoms with Gasteiger partial charge in [-0.25, -0.2) is 4.79 Å². The average Bonchev–Trinajstić information content (AvgIpc) is 2.25. The van der Waals surface area contributed by atoms with Crippen molar-refractivity contribution >= 4 is 17.3 Å². The van der Waals surface area contributed by atoms with Gasteiger partial charge in [-0.05, 0) is 39.0 Å². The summed E-state index contributed by atoms with van der Waals surface area (Å²) in [7, 11) is 0. The number of anilines is 2. The van der Waals surface area contributed by atoms with Gasteiger partial charge in [0.05, 0.1) is 23.0 Å². The van der Waals surface area contributed by atoms with Crippen LogP contribution in [0.25, 0.3) is 0 Å². The average molecular weight is 264 g/mol. The molecule has 5 nitrogen and oxygen atoms in total. The molecule has 1 unspecified atom stereocenters. The van der Waals surface area contributed by atoms with Crippen molar-refractivity contribution < 1.29 is 14.6 Å². The Morgan fingerprint density at radius 2 is 2.21 bits per heavy atom. The molecule has 104 valence electrons. The molecule has 19 heavy (non-hydrogen) atoms. The zero-order chi connectivity index (χ0) is 14.2. The van der Waals surface area contributed by atoms with Crippen LogP contribution in [-0.4, -0.2) is 35.9 Å². The van der Waals surface area contributed by atoms with E-state index in [1.54, 1.807) is 18.2 Å². The molecule has 5 heteroatoms. The Bertz CT molecular complexity index is 499. The summed E-state index contributed by atoms with van der Waals surface area (Å²) in [4.78, 5) is 13.4. The molecular weight excluding hydrogens is 244 g/mol. The van der Waals surface area contributed by atoms with Crippen molar-refractivity contribution in [1.29, 1.82) is 0 Å². The van der Waals surface area contributed by atoms with Gasteiger partial charge in [-0.15, -0.1) is 0 Å². The molecule has 3 N–H and O–H groups in total. The van der Waals surface area contributed by atoms with Gasteiger partial charge in [0.2, 0.25) is 0 Å². The number of nitrogens with zero attached hydrogens (tertiary/aromatic N) is 1. The fourth-order valence-corrected chi connectivity index (χ4v) is 2.63. The smallest absolute Gasteiger partial charge is 0.337 e. The lowest BCUT2D eigenvalue weighted by molar-refractivity contribution is -0.0750. The largest absolute Gasteiger partial charge is 0.478 e. The molecule has 0 bridgehead atoms. The first-order chi connectivity index (χ1) is 8.78. The zero-order valence-electron chi connectivity index (χ0n) is 11.5. The van der Waals surface area contributed by atoms with E-state index in [-0.39, 0.29) is 17.3 Å². The molecule has 1 heterocycles. The minimum absolute atomic E-state index is 0.0480. The summed E-state index contributed by atoms with van der Waals surface area (Å²) in [6.45, 7) is 7.29. The summed E-state index contributed by atoms with van der Waals surface area (Å²) >= 11 is 0. The molecule has 0 saturated carbocycles. The van der Waals surface area contributed by atoms with Gasteiger partial charge in [0.25, 0.3) is 0 Å². The number of hydrogen-bond donors (Lipinski definition) is 2. The van der Waals surface area contributed by atoms with Crippen LogP contribution in [0, 0.1) is 0 Å². The maximum Gasteiger partial charge on any atom is 0.337 e. The summed E-state index contributed by atoms with van der Waals surface area (Å²) < 4.78 is 5.84. The fourth-order valence-electron chi connectivity index (χ4n) is 2.63. The predicted molar refractivity (Wildman–Crippen MR) is 74.7 cm³/mol. The van der Waals surface area contributed by atoms with Crippen LogP contribution in [0.2, 0.25) is 0 Å². The normalized spacial score (nSPS) is 22.3. The second kappa shape index (κ2) is 4.74. The lowest BCUT2D eigenvalue weighted by Crippen LogP contribution is -2.52. The van der Waals surface area contributed by atoms with E-state index in [0.29, 0.717) is 24.5 Å². The lowest BCUT2D eigenvalue weighted by Gasteiger charge is -2.43. The molecule has 0 spiro atoms. The van der Waals surface area contributed by atoms with Crippen molar-refractivity contribution in [3.8, 4) is 0 Å². The zero-order valence-corrected chi connectivity index (χ0v) is 11.5. The van der Waals surface area contributed by atoms with Crippen LogP contribution in [-0.2, 0) is 4.74 Å². The number of hydrogen-bond acceptors (Lipinski definition) is 4. The highest BCUT2D eigenvalue weighted by Crippen LogP contribution is 2.30. The van der Waals surface area contributed by atoms with Crippen molar-refractivity contribution in [2.45, 2.75) is 32.5 Å². The minimum atomic E-state index is -0.938. The molecule has 0 aromatic heterocycles. The number of ether oxygens (including phenoxy) is 1. The molecule has 0 amide bonds. The Morgan fingerprint density at radius 3 is 2.79 bits per heavy atom. The predicted octanol–water partition coefficient (Wildman–Crippen LogP) is 1.97. The number of morpholine rings is 1. The van der Waals surface area contributed by atoms with Crippen molar-refractivity contribution in [1.82, 2.24) is 0 Å². The van der Waals surface area contributed by atoms with Crippen molar-refractivity contribution in [3.05, 3.63) is 23.8 Å². The summed E-state index contributed by atoms with van der Waals surface area (Å²) in [5.41, 5.74) is 6.98. The van der Waals surface area contributed by atoms with E-state index in [2.05, 4.69) is 0 Å². The Morgan fingerprint density at radius 1 is 1.53 bits per heavy atom. The summed E-state index contributed by atoms with van der Waals surface area (Å²) in [6, 6.07) is 4.89. The van der Waals surface area contributed by atoms with Crippen molar-refractivity contribution in [2.24, 2.45) is 0 Å². The number of carboxylic acids is 1. The van der Waals surface area contributed by atoms with E-state index in [1.165, 1.54) is 0 Å². The van der Waals surface area contributed by atoms with Crippen LogP contribution in [0.1, 0.15) is 31.1 Å². The standard InChI is InChI=1S/C14H20N2O3/c1-9-7-16(8-14(2,3)19-9)12-6-10(15)4-5-11(12)13(17)18/h4-6,9H,7-8,15H2,1-3H3,(H,17,18). The third-order valence-electron chi connectivity index (χ3n) is 3.16. The van der Waals surface area contributed by atoms with Gasteiger partial charge in [0.1, 0.15) is 0 Å². The molecule has 1 aromatic carbocycles. The van der Waals surface area contributed by atoms with Gasteiger partial charge >= 0.3 is 5.97 Å². The van der Waals surface area contributed by atoms with Gasteiger partial charge in [-0.1, -0.05) is 0 Å². The van der Waals surface area contributed by atoms with E-state index in [4.69, 9.17) is 10.5 Å². The highest BCUT2D eigenvalue weighted by molar-refractivity contribution is 5.95. The van der Waals surface area contributed by atoms with Gasteiger partial charge in [-0.3, -0.25) is 0 Å². The molecule has 1 aromatic rings. The van der Waals surface area contributed by atoms with E-state index >= 15 is 0 Å². The van der Waals surface area contributed by atoms with E-state index in [1.807, 2.05) is 25.7 Å². The first-order valence-electron chi connectivity index (χ1n) is 6.34. The quantitative estimate of drug-likeness (QED) is 0.799. The van der Waals surface area contributed by atoms with E-state index in [9.17, 15) is 9.90 Å². The van der Waals surface area contributed by atoms with Crippen LogP contribution in [0.4, 0.5) is 11.4 Å². The molecule has 1 saturated heterocycles. The van der Waals surface area contributed by atoms with E-state index < -0.39 is 5.97 Å². The lowest BCUT2D eigenvalue weighted by atomic mass is 10.0. The van der Waals surface area contributed by atoms with Crippen LogP contribution in [0.15, 0.2) is 18.2 Å². The Labute approximate surface area is 113 Å².